The smallest absolute Gasteiger partial charge is 0.330 e. The Morgan fingerprint density at radius 3 is 2.60 bits per heavy atom. The number of aliphatic hydroxyl groups excluding tert-OH is 2. The fraction of sp³-hybridized carbons (Fsp3) is 0.636. The Balaban J connectivity index is 1.31. The van der Waals surface area contributed by atoms with Crippen LogP contribution >= 0.6 is 0 Å². The number of hydrogen-bond donors (Lipinski definition) is 4. The van der Waals surface area contributed by atoms with Gasteiger partial charge in [-0.1, -0.05) is 0 Å². The summed E-state index contributed by atoms with van der Waals surface area (Å²) in [5, 5.41) is 20.0. The molecule has 0 amide bonds. The molecule has 4 rings (SSSR count). The van der Waals surface area contributed by atoms with E-state index in [-0.39, 0.29) is 25.6 Å². The molecule has 2 aliphatic heterocycles. The zero-order valence-electron chi connectivity index (χ0n) is 19.5. The van der Waals surface area contributed by atoms with E-state index in [1.807, 2.05) is 0 Å². The summed E-state index contributed by atoms with van der Waals surface area (Å²) in [6.07, 6.45) is 0.438. The van der Waals surface area contributed by atoms with E-state index < -0.39 is 53.5 Å². The molecule has 6 atom stereocenters. The Labute approximate surface area is 198 Å². The molecule has 192 valence electrons. The monoisotopic (exact) mass is 494 g/mol. The molecule has 0 radical (unpaired) electrons. The van der Waals surface area contributed by atoms with Crippen molar-refractivity contribution in [1.29, 1.82) is 0 Å². The number of aliphatic hydroxyl groups is 2. The van der Waals surface area contributed by atoms with Crippen LogP contribution in [0.1, 0.15) is 49.3 Å². The Kier molecular flexibility index (Phi) is 7.52. The zero-order valence-corrected chi connectivity index (χ0v) is 19.5. The average Bonchev–Trinajstić information content (AvgIpc) is 3.39. The predicted octanol–water partition coefficient (Wildman–Crippen LogP) is -0.998. The van der Waals surface area contributed by atoms with Crippen molar-refractivity contribution in [1.82, 2.24) is 19.1 Å². The summed E-state index contributed by atoms with van der Waals surface area (Å²) < 4.78 is 19.4. The number of hydrogen-bond acceptors (Lipinski definition) is 9. The molecule has 13 heteroatoms. The van der Waals surface area contributed by atoms with Crippen molar-refractivity contribution in [2.75, 3.05) is 13.2 Å². The first-order chi connectivity index (χ1) is 16.7. The summed E-state index contributed by atoms with van der Waals surface area (Å²) in [5.74, 6) is -0.0562. The normalized spacial score (nSPS) is 28.6. The van der Waals surface area contributed by atoms with E-state index in [1.54, 1.807) is 13.8 Å². The predicted molar refractivity (Wildman–Crippen MR) is 121 cm³/mol. The molecule has 0 aliphatic carbocycles. The van der Waals surface area contributed by atoms with Gasteiger partial charge in [0.05, 0.1) is 12.7 Å². The number of nitrogens with one attached hydrogen (secondary N) is 2. The van der Waals surface area contributed by atoms with Crippen LogP contribution in [-0.2, 0) is 14.2 Å². The Morgan fingerprint density at radius 1 is 1.09 bits per heavy atom. The highest BCUT2D eigenvalue weighted by Crippen LogP contribution is 2.35. The first-order valence-corrected chi connectivity index (χ1v) is 11.5. The molecular formula is C22H30N4O9. The van der Waals surface area contributed by atoms with E-state index in [0.29, 0.717) is 30.4 Å². The maximum Gasteiger partial charge on any atom is 0.330 e. The number of aromatic nitrogens is 4. The molecule has 0 spiro atoms. The summed E-state index contributed by atoms with van der Waals surface area (Å²) in [4.78, 5) is 52.9. The van der Waals surface area contributed by atoms with Crippen LogP contribution in [0.4, 0.5) is 0 Å². The first kappa shape index (κ1) is 25.3. The highest BCUT2D eigenvalue weighted by Gasteiger charge is 2.38. The maximum atomic E-state index is 12.3. The SMILES string of the molecule is Cc1cn([C@H]2C[C@H](CCCOC3OC(n4c(=O)[nH]cc(C)c4=O)CC3O)[C@@H](CO)O2)c(=O)[nH]c1=O. The third-order valence-electron chi connectivity index (χ3n) is 6.52. The van der Waals surface area contributed by atoms with Gasteiger partial charge < -0.3 is 29.4 Å². The highest BCUT2D eigenvalue weighted by molar-refractivity contribution is 5.03. The van der Waals surface area contributed by atoms with Gasteiger partial charge in [-0.3, -0.25) is 19.1 Å². The van der Waals surface area contributed by atoms with E-state index in [2.05, 4.69) is 9.97 Å². The minimum Gasteiger partial charge on any atom is -0.394 e. The van der Waals surface area contributed by atoms with Gasteiger partial charge in [-0.25, -0.2) is 14.2 Å². The lowest BCUT2D eigenvalue weighted by Crippen LogP contribution is -2.39. The van der Waals surface area contributed by atoms with Gasteiger partial charge >= 0.3 is 11.4 Å². The van der Waals surface area contributed by atoms with Crippen molar-refractivity contribution in [3.63, 3.8) is 0 Å². The van der Waals surface area contributed by atoms with Crippen molar-refractivity contribution in [2.24, 2.45) is 5.92 Å². The molecule has 4 N–H and O–H groups in total. The quantitative estimate of drug-likeness (QED) is 0.335. The van der Waals surface area contributed by atoms with Gasteiger partial charge in [0, 0.05) is 36.5 Å². The molecule has 2 aliphatic rings. The van der Waals surface area contributed by atoms with Crippen molar-refractivity contribution in [2.45, 2.75) is 70.5 Å². The second-order valence-corrected chi connectivity index (χ2v) is 9.01. The number of H-pyrrole nitrogens is 2. The van der Waals surface area contributed by atoms with Gasteiger partial charge in [0.15, 0.2) is 6.29 Å². The molecule has 0 bridgehead atoms. The summed E-state index contributed by atoms with van der Waals surface area (Å²) in [5.41, 5.74) is -1.40. The molecule has 2 aromatic heterocycles. The fourth-order valence-electron chi connectivity index (χ4n) is 4.58. The molecule has 0 saturated carbocycles. The fourth-order valence-corrected chi connectivity index (χ4v) is 4.58. The minimum atomic E-state index is -1.01. The topological polar surface area (TPSA) is 178 Å². The van der Waals surface area contributed by atoms with Gasteiger partial charge in [0.1, 0.15) is 18.6 Å². The number of ether oxygens (including phenoxy) is 3. The second-order valence-electron chi connectivity index (χ2n) is 9.01. The van der Waals surface area contributed by atoms with Gasteiger partial charge in [-0.05, 0) is 39.0 Å². The number of aromatic amines is 2. The minimum absolute atomic E-state index is 0.0369. The first-order valence-electron chi connectivity index (χ1n) is 11.5. The van der Waals surface area contributed by atoms with Crippen LogP contribution in [0, 0.1) is 19.8 Å². The molecule has 2 saturated heterocycles. The molecule has 13 nitrogen and oxygen atoms in total. The Bertz CT molecular complexity index is 1280. The molecule has 0 aromatic carbocycles. The van der Waals surface area contributed by atoms with Gasteiger partial charge in [-0.2, -0.15) is 0 Å². The van der Waals surface area contributed by atoms with E-state index in [1.165, 1.54) is 17.0 Å². The average molecular weight is 495 g/mol. The van der Waals surface area contributed by atoms with E-state index in [9.17, 15) is 29.4 Å². The van der Waals surface area contributed by atoms with Crippen molar-refractivity contribution >= 4 is 0 Å². The van der Waals surface area contributed by atoms with Crippen LogP contribution in [0.5, 0.6) is 0 Å². The number of rotatable bonds is 8. The van der Waals surface area contributed by atoms with Crippen LogP contribution in [0.2, 0.25) is 0 Å². The summed E-state index contributed by atoms with van der Waals surface area (Å²) in [6.45, 7) is 3.17. The van der Waals surface area contributed by atoms with Crippen LogP contribution in [0.15, 0.2) is 31.6 Å². The van der Waals surface area contributed by atoms with Crippen LogP contribution in [-0.4, -0.2) is 61.0 Å². The van der Waals surface area contributed by atoms with E-state index in [4.69, 9.17) is 14.2 Å². The number of nitrogens with zero attached hydrogens (tertiary/aromatic N) is 2. The molecule has 2 fully saturated rings. The van der Waals surface area contributed by atoms with Gasteiger partial charge in [-0.15, -0.1) is 0 Å². The Morgan fingerprint density at radius 2 is 1.86 bits per heavy atom. The van der Waals surface area contributed by atoms with Crippen molar-refractivity contribution < 1.29 is 24.4 Å². The molecule has 2 aromatic rings. The van der Waals surface area contributed by atoms with E-state index in [0.717, 1.165) is 4.57 Å². The summed E-state index contributed by atoms with van der Waals surface area (Å²) in [6, 6.07) is 0. The number of aryl methyl sites for hydroxylation is 2. The molecular weight excluding hydrogens is 464 g/mol. The Hall–Kier alpha value is -2.84. The largest absolute Gasteiger partial charge is 0.394 e. The summed E-state index contributed by atoms with van der Waals surface area (Å²) >= 11 is 0. The standard InChI is InChI=1S/C22H30N4O9/c1-11-8-23-21(31)26(19(11)30)17-7-14(28)20(35-17)33-5-3-4-13-6-16(34-15(13)10-27)25-9-12(2)18(29)24-22(25)32/h8-9,13-17,20,27-28H,3-7,10H2,1-2H3,(H,23,31)(H,24,29,32)/t13-,14?,15+,16+,17?,20?/m0/s1. The summed E-state index contributed by atoms with van der Waals surface area (Å²) in [7, 11) is 0. The van der Waals surface area contributed by atoms with Crippen LogP contribution in [0.25, 0.3) is 0 Å². The van der Waals surface area contributed by atoms with Gasteiger partial charge in [0.2, 0.25) is 0 Å². The van der Waals surface area contributed by atoms with Crippen LogP contribution in [0.3, 0.4) is 0 Å². The molecule has 35 heavy (non-hydrogen) atoms. The molecule has 3 unspecified atom stereocenters. The third kappa shape index (κ3) is 5.23. The lowest BCUT2D eigenvalue weighted by molar-refractivity contribution is -0.178. The highest BCUT2D eigenvalue weighted by atomic mass is 16.7. The third-order valence-corrected chi connectivity index (χ3v) is 6.52. The molecule has 4 heterocycles. The van der Waals surface area contributed by atoms with Crippen molar-refractivity contribution in [3.8, 4) is 0 Å². The zero-order chi connectivity index (χ0) is 25.3. The second kappa shape index (κ2) is 10.4. The van der Waals surface area contributed by atoms with Gasteiger partial charge in [0.25, 0.3) is 11.1 Å². The lowest BCUT2D eigenvalue weighted by Gasteiger charge is -2.18. The maximum absolute atomic E-state index is 12.3. The van der Waals surface area contributed by atoms with E-state index >= 15 is 0 Å². The van der Waals surface area contributed by atoms with Crippen LogP contribution < -0.4 is 22.5 Å². The van der Waals surface area contributed by atoms with Crippen molar-refractivity contribution in [3.05, 3.63) is 65.2 Å². The lowest BCUT2D eigenvalue weighted by atomic mass is 9.95.